The van der Waals surface area contributed by atoms with Crippen molar-refractivity contribution in [2.24, 2.45) is 0 Å². The SMILES string of the molecule is COCC(=O)Nc1ncncc1-c1noc([C@H]2CCCN2Cc2cccs2)n1. The third kappa shape index (κ3) is 4.08. The van der Waals surface area contributed by atoms with E-state index in [4.69, 9.17) is 9.26 Å². The van der Waals surface area contributed by atoms with Crippen molar-refractivity contribution in [2.45, 2.75) is 25.4 Å². The fourth-order valence-electron chi connectivity index (χ4n) is 3.27. The zero-order chi connectivity index (χ0) is 19.3. The van der Waals surface area contributed by atoms with Crippen LogP contribution in [0.2, 0.25) is 0 Å². The molecule has 1 atom stereocenters. The lowest BCUT2D eigenvalue weighted by molar-refractivity contribution is -0.119. The number of ether oxygens (including phenoxy) is 1. The highest BCUT2D eigenvalue weighted by atomic mass is 32.1. The first-order chi connectivity index (χ1) is 13.7. The highest BCUT2D eigenvalue weighted by molar-refractivity contribution is 7.09. The lowest BCUT2D eigenvalue weighted by Crippen LogP contribution is -2.22. The summed E-state index contributed by atoms with van der Waals surface area (Å²) < 4.78 is 10.4. The van der Waals surface area contributed by atoms with Gasteiger partial charge in [0.25, 0.3) is 5.91 Å². The molecule has 146 valence electrons. The Morgan fingerprint density at radius 1 is 1.50 bits per heavy atom. The van der Waals surface area contributed by atoms with Crippen LogP contribution >= 0.6 is 11.3 Å². The molecule has 9 nitrogen and oxygen atoms in total. The number of nitrogens with one attached hydrogen (secondary N) is 1. The Morgan fingerprint density at radius 2 is 2.43 bits per heavy atom. The number of anilines is 1. The monoisotopic (exact) mass is 400 g/mol. The molecule has 4 rings (SSSR count). The van der Waals surface area contributed by atoms with Gasteiger partial charge < -0.3 is 14.6 Å². The maximum Gasteiger partial charge on any atom is 0.251 e. The zero-order valence-electron chi connectivity index (χ0n) is 15.4. The highest BCUT2D eigenvalue weighted by Gasteiger charge is 2.31. The Balaban J connectivity index is 1.54. The van der Waals surface area contributed by atoms with Crippen LogP contribution < -0.4 is 5.32 Å². The van der Waals surface area contributed by atoms with Gasteiger partial charge in [-0.15, -0.1) is 11.3 Å². The van der Waals surface area contributed by atoms with Crippen molar-refractivity contribution in [3.63, 3.8) is 0 Å². The van der Waals surface area contributed by atoms with Crippen LogP contribution in [0.25, 0.3) is 11.4 Å². The normalized spacial score (nSPS) is 17.1. The molecule has 4 heterocycles. The lowest BCUT2D eigenvalue weighted by Gasteiger charge is -2.20. The number of aromatic nitrogens is 4. The molecule has 0 aliphatic carbocycles. The molecule has 0 radical (unpaired) electrons. The van der Waals surface area contributed by atoms with Gasteiger partial charge in [-0.1, -0.05) is 11.2 Å². The van der Waals surface area contributed by atoms with Crippen LogP contribution in [0.3, 0.4) is 0 Å². The zero-order valence-corrected chi connectivity index (χ0v) is 16.2. The summed E-state index contributed by atoms with van der Waals surface area (Å²) in [5.41, 5.74) is 0.504. The number of rotatable bonds is 7. The van der Waals surface area contributed by atoms with Crippen molar-refractivity contribution >= 4 is 23.1 Å². The van der Waals surface area contributed by atoms with E-state index in [2.05, 4.69) is 47.8 Å². The van der Waals surface area contributed by atoms with Crippen molar-refractivity contribution in [1.29, 1.82) is 0 Å². The first-order valence-corrected chi connectivity index (χ1v) is 9.81. The number of nitrogens with zero attached hydrogens (tertiary/aromatic N) is 5. The summed E-state index contributed by atoms with van der Waals surface area (Å²) in [6.45, 7) is 1.79. The molecule has 3 aromatic rings. The van der Waals surface area contributed by atoms with Gasteiger partial charge in [0.05, 0.1) is 11.6 Å². The number of likely N-dealkylation sites (tertiary alicyclic amines) is 1. The van der Waals surface area contributed by atoms with Crippen LogP contribution in [0.5, 0.6) is 0 Å². The molecule has 1 fully saturated rings. The molecule has 1 amide bonds. The molecule has 0 aromatic carbocycles. The predicted octanol–water partition coefficient (Wildman–Crippen LogP) is 2.51. The van der Waals surface area contributed by atoms with Crippen LogP contribution in [0, 0.1) is 0 Å². The predicted molar refractivity (Wildman–Crippen MR) is 103 cm³/mol. The maximum absolute atomic E-state index is 11.8. The molecule has 1 N–H and O–H groups in total. The molecular formula is C18H20N6O3S. The van der Waals surface area contributed by atoms with Crippen LogP contribution in [0.1, 0.15) is 29.7 Å². The van der Waals surface area contributed by atoms with Crippen LogP contribution in [0.4, 0.5) is 5.82 Å². The van der Waals surface area contributed by atoms with Crippen molar-refractivity contribution in [3.05, 3.63) is 40.8 Å². The number of hydrogen-bond donors (Lipinski definition) is 1. The fraction of sp³-hybridized carbons (Fsp3) is 0.389. The number of amides is 1. The Bertz CT molecular complexity index is 929. The van der Waals surface area contributed by atoms with E-state index in [0.29, 0.717) is 23.1 Å². The van der Waals surface area contributed by atoms with Crippen molar-refractivity contribution in [1.82, 2.24) is 25.0 Å². The second kappa shape index (κ2) is 8.55. The Morgan fingerprint density at radius 3 is 3.25 bits per heavy atom. The summed E-state index contributed by atoms with van der Waals surface area (Å²) in [6, 6.07) is 4.28. The third-order valence-electron chi connectivity index (χ3n) is 4.52. The highest BCUT2D eigenvalue weighted by Crippen LogP contribution is 2.34. The van der Waals surface area contributed by atoms with Crippen molar-refractivity contribution < 1.29 is 14.1 Å². The van der Waals surface area contributed by atoms with Gasteiger partial charge in [-0.05, 0) is 30.8 Å². The number of thiophene rings is 1. The minimum atomic E-state index is -0.316. The first-order valence-electron chi connectivity index (χ1n) is 8.94. The maximum atomic E-state index is 11.8. The number of carbonyl (C=O) groups excluding carboxylic acids is 1. The summed E-state index contributed by atoms with van der Waals surface area (Å²) >= 11 is 1.75. The molecule has 1 aliphatic rings. The van der Waals surface area contributed by atoms with E-state index >= 15 is 0 Å². The standard InChI is InChI=1S/C18H20N6O3S/c1-26-10-15(25)21-16-13(8-19-11-20-16)17-22-18(27-23-17)14-5-2-6-24(14)9-12-4-3-7-28-12/h3-4,7-8,11,14H,2,5-6,9-10H2,1H3,(H,19,20,21,25)/t14-/m1/s1. The van der Waals surface area contributed by atoms with Crippen molar-refractivity contribution in [3.8, 4) is 11.4 Å². The van der Waals surface area contributed by atoms with Gasteiger partial charge in [0.1, 0.15) is 18.8 Å². The van der Waals surface area contributed by atoms with Gasteiger partial charge in [0.15, 0.2) is 0 Å². The van der Waals surface area contributed by atoms with E-state index in [0.717, 1.165) is 25.9 Å². The number of methoxy groups -OCH3 is 1. The van der Waals surface area contributed by atoms with Gasteiger partial charge >= 0.3 is 0 Å². The molecule has 1 saturated heterocycles. The van der Waals surface area contributed by atoms with E-state index in [9.17, 15) is 4.79 Å². The van der Waals surface area contributed by atoms with E-state index in [1.807, 2.05) is 0 Å². The topological polar surface area (TPSA) is 106 Å². The molecule has 3 aromatic heterocycles. The molecule has 0 saturated carbocycles. The van der Waals surface area contributed by atoms with Crippen LogP contribution in [0.15, 0.2) is 34.6 Å². The van der Waals surface area contributed by atoms with E-state index in [-0.39, 0.29) is 18.6 Å². The average molecular weight is 400 g/mol. The molecule has 0 spiro atoms. The fourth-order valence-corrected chi connectivity index (χ4v) is 4.00. The Hall–Kier alpha value is -2.69. The largest absolute Gasteiger partial charge is 0.375 e. The van der Waals surface area contributed by atoms with Gasteiger partial charge in [-0.25, -0.2) is 9.97 Å². The van der Waals surface area contributed by atoms with Crippen LogP contribution in [-0.4, -0.2) is 51.2 Å². The summed E-state index contributed by atoms with van der Waals surface area (Å²) in [4.78, 5) is 28.2. The van der Waals surface area contributed by atoms with Gasteiger partial charge in [0.2, 0.25) is 11.7 Å². The summed E-state index contributed by atoms with van der Waals surface area (Å²) in [5, 5.41) is 8.87. The number of hydrogen-bond acceptors (Lipinski definition) is 9. The van der Waals surface area contributed by atoms with Crippen molar-refractivity contribution in [2.75, 3.05) is 25.6 Å². The third-order valence-corrected chi connectivity index (χ3v) is 5.38. The molecule has 28 heavy (non-hydrogen) atoms. The molecule has 10 heteroatoms. The minimum absolute atomic E-state index is 0.0688. The molecule has 0 unspecified atom stereocenters. The Kier molecular flexibility index (Phi) is 5.70. The second-order valence-electron chi connectivity index (χ2n) is 6.43. The van der Waals surface area contributed by atoms with E-state index in [1.54, 1.807) is 17.5 Å². The second-order valence-corrected chi connectivity index (χ2v) is 7.46. The summed E-state index contributed by atoms with van der Waals surface area (Å²) in [7, 11) is 1.45. The summed E-state index contributed by atoms with van der Waals surface area (Å²) in [5.74, 6) is 0.934. The molecular weight excluding hydrogens is 380 g/mol. The van der Waals surface area contributed by atoms with E-state index in [1.165, 1.54) is 18.3 Å². The minimum Gasteiger partial charge on any atom is -0.375 e. The average Bonchev–Trinajstić information content (AvgIpc) is 3.44. The van der Waals surface area contributed by atoms with Gasteiger partial charge in [-0.3, -0.25) is 9.69 Å². The first kappa shape index (κ1) is 18.7. The van der Waals surface area contributed by atoms with E-state index < -0.39 is 0 Å². The quantitative estimate of drug-likeness (QED) is 0.645. The lowest BCUT2D eigenvalue weighted by atomic mass is 10.2. The summed E-state index contributed by atoms with van der Waals surface area (Å²) in [6.07, 6.45) is 4.96. The van der Waals surface area contributed by atoms with Gasteiger partial charge in [-0.2, -0.15) is 4.98 Å². The van der Waals surface area contributed by atoms with Crippen LogP contribution in [-0.2, 0) is 16.1 Å². The smallest absolute Gasteiger partial charge is 0.251 e. The molecule has 0 bridgehead atoms. The Labute approximate surface area is 165 Å². The number of carbonyl (C=O) groups is 1. The molecule has 1 aliphatic heterocycles. The van der Waals surface area contributed by atoms with Gasteiger partial charge in [0, 0.05) is 24.7 Å².